The molecule has 37 heavy (non-hydrogen) atoms. The number of amides is 1. The largest absolute Gasteiger partial charge is 0.507 e. The normalized spacial score (nSPS) is 20.4. The van der Waals surface area contributed by atoms with Crippen molar-refractivity contribution in [1.82, 2.24) is 4.98 Å². The van der Waals surface area contributed by atoms with E-state index >= 15 is 0 Å². The van der Waals surface area contributed by atoms with Crippen molar-refractivity contribution in [3.8, 4) is 11.5 Å². The number of thiazole rings is 1. The minimum absolute atomic E-state index is 0.00912. The molecule has 1 aromatic heterocycles. The van der Waals surface area contributed by atoms with Crippen LogP contribution in [0.5, 0.6) is 11.5 Å². The van der Waals surface area contributed by atoms with E-state index in [-0.39, 0.29) is 22.6 Å². The van der Waals surface area contributed by atoms with Crippen LogP contribution in [-0.4, -0.2) is 35.0 Å². The summed E-state index contributed by atoms with van der Waals surface area (Å²) in [5, 5.41) is 11.7. The third-order valence-corrected chi connectivity index (χ3v) is 7.61. The number of halogens is 1. The fourth-order valence-electron chi connectivity index (χ4n) is 4.84. The Hall–Kier alpha value is -4.24. The van der Waals surface area contributed by atoms with Crippen LogP contribution in [-0.2, 0) is 16.0 Å². The molecule has 6 rings (SSSR count). The lowest BCUT2D eigenvalue weighted by atomic mass is 9.94. The number of benzene rings is 3. The molecule has 2 atom stereocenters. The van der Waals surface area contributed by atoms with E-state index in [1.807, 2.05) is 6.92 Å². The molecule has 3 heterocycles. The molecule has 4 aromatic rings. The zero-order chi connectivity index (χ0) is 25.8. The third kappa shape index (κ3) is 3.82. The summed E-state index contributed by atoms with van der Waals surface area (Å²) in [7, 11) is 1.56. The van der Waals surface area contributed by atoms with Gasteiger partial charge in [0.1, 0.15) is 29.2 Å². The van der Waals surface area contributed by atoms with Gasteiger partial charge in [0, 0.05) is 12.0 Å². The number of rotatable bonds is 4. The molecule has 1 saturated heterocycles. The van der Waals surface area contributed by atoms with Crippen LogP contribution in [0.2, 0.25) is 0 Å². The number of hydrogen-bond acceptors (Lipinski definition) is 7. The number of ether oxygens (including phenoxy) is 2. The second kappa shape index (κ2) is 8.70. The van der Waals surface area contributed by atoms with Gasteiger partial charge in [0.05, 0.1) is 28.9 Å². The van der Waals surface area contributed by atoms with Gasteiger partial charge < -0.3 is 14.6 Å². The first-order valence-corrected chi connectivity index (χ1v) is 12.5. The van der Waals surface area contributed by atoms with Crippen molar-refractivity contribution in [3.63, 3.8) is 0 Å². The Morgan fingerprint density at radius 2 is 1.92 bits per heavy atom. The average Bonchev–Trinajstić information content (AvgIpc) is 3.55. The first kappa shape index (κ1) is 23.2. The van der Waals surface area contributed by atoms with Crippen LogP contribution in [0.4, 0.5) is 9.52 Å². The van der Waals surface area contributed by atoms with Gasteiger partial charge in [-0.1, -0.05) is 23.5 Å². The van der Waals surface area contributed by atoms with E-state index < -0.39 is 23.5 Å². The van der Waals surface area contributed by atoms with E-state index in [1.54, 1.807) is 43.5 Å². The second-order valence-corrected chi connectivity index (χ2v) is 10.0. The van der Waals surface area contributed by atoms with Crippen molar-refractivity contribution in [3.05, 3.63) is 88.7 Å². The van der Waals surface area contributed by atoms with Crippen molar-refractivity contribution in [2.45, 2.75) is 25.5 Å². The van der Waals surface area contributed by atoms with Gasteiger partial charge in [0.2, 0.25) is 0 Å². The number of nitrogens with zero attached hydrogens (tertiary/aromatic N) is 2. The van der Waals surface area contributed by atoms with Crippen molar-refractivity contribution >= 4 is 44.1 Å². The minimum Gasteiger partial charge on any atom is -0.507 e. The number of aromatic nitrogens is 1. The van der Waals surface area contributed by atoms with Gasteiger partial charge in [0.15, 0.2) is 5.13 Å². The van der Waals surface area contributed by atoms with Crippen molar-refractivity contribution in [1.29, 1.82) is 0 Å². The molecule has 2 aliphatic heterocycles. The first-order chi connectivity index (χ1) is 17.8. The Bertz CT molecular complexity index is 1610. The predicted molar refractivity (Wildman–Crippen MR) is 138 cm³/mol. The van der Waals surface area contributed by atoms with Gasteiger partial charge in [-0.2, -0.15) is 0 Å². The molecular weight excluding hydrogens is 495 g/mol. The number of carbonyl (C=O) groups is 2. The van der Waals surface area contributed by atoms with E-state index in [9.17, 15) is 19.1 Å². The molecule has 3 aromatic carbocycles. The molecule has 0 bridgehead atoms. The quantitative estimate of drug-likeness (QED) is 0.222. The Labute approximate surface area is 215 Å². The summed E-state index contributed by atoms with van der Waals surface area (Å²) < 4.78 is 25.6. The van der Waals surface area contributed by atoms with Gasteiger partial charge in [-0.3, -0.25) is 14.5 Å². The number of anilines is 1. The van der Waals surface area contributed by atoms with Crippen LogP contribution in [0.1, 0.15) is 29.7 Å². The highest BCUT2D eigenvalue weighted by atomic mass is 32.1. The molecule has 2 aliphatic rings. The predicted octanol–water partition coefficient (Wildman–Crippen LogP) is 5.39. The maximum Gasteiger partial charge on any atom is 0.301 e. The molecule has 7 nitrogen and oxygen atoms in total. The van der Waals surface area contributed by atoms with E-state index in [1.165, 1.54) is 40.5 Å². The maximum atomic E-state index is 13.8. The molecule has 0 saturated carbocycles. The fraction of sp³-hybridized carbons (Fsp3) is 0.179. The smallest absolute Gasteiger partial charge is 0.301 e. The van der Waals surface area contributed by atoms with Gasteiger partial charge >= 0.3 is 5.91 Å². The number of aliphatic hydroxyl groups excluding tert-OH is 1. The Balaban J connectivity index is 1.52. The standard InChI is InChI=1S/C28H21FN2O5S/c1-14-11-17-12-16(5-10-21(17)36-14)25(32)23-24(15-3-6-18(29)7-4-15)31(27(34)26(23)33)28-30-20-9-8-19(35-2)13-22(20)37-28/h3-10,12-14,24,32H,11H2,1-2H3/b25-23+/t14-,24+/m1/s1. The highest BCUT2D eigenvalue weighted by Crippen LogP contribution is 2.45. The highest BCUT2D eigenvalue weighted by molar-refractivity contribution is 7.22. The molecule has 1 amide bonds. The number of ketones is 1. The Kier molecular flexibility index (Phi) is 5.45. The monoisotopic (exact) mass is 516 g/mol. The molecular formula is C28H21FN2O5S. The highest BCUT2D eigenvalue weighted by Gasteiger charge is 2.48. The maximum absolute atomic E-state index is 13.8. The molecule has 0 unspecified atom stereocenters. The molecule has 1 fully saturated rings. The van der Waals surface area contributed by atoms with Crippen LogP contribution in [0.25, 0.3) is 16.0 Å². The van der Waals surface area contributed by atoms with Crippen LogP contribution in [0.15, 0.2) is 66.2 Å². The van der Waals surface area contributed by atoms with Crippen molar-refractivity contribution < 1.29 is 28.6 Å². The third-order valence-electron chi connectivity index (χ3n) is 6.59. The Morgan fingerprint density at radius 1 is 1.14 bits per heavy atom. The summed E-state index contributed by atoms with van der Waals surface area (Å²) in [5.74, 6) is -1.06. The van der Waals surface area contributed by atoms with E-state index in [0.29, 0.717) is 28.8 Å². The van der Waals surface area contributed by atoms with E-state index in [0.717, 1.165) is 16.0 Å². The topological polar surface area (TPSA) is 89.0 Å². The summed E-state index contributed by atoms with van der Waals surface area (Å²) in [6.45, 7) is 1.95. The summed E-state index contributed by atoms with van der Waals surface area (Å²) in [5.41, 5.74) is 2.32. The lowest BCUT2D eigenvalue weighted by molar-refractivity contribution is -0.132. The van der Waals surface area contributed by atoms with Gasteiger partial charge in [-0.15, -0.1) is 0 Å². The van der Waals surface area contributed by atoms with E-state index in [2.05, 4.69) is 4.98 Å². The van der Waals surface area contributed by atoms with Crippen LogP contribution in [0.3, 0.4) is 0 Å². The molecule has 186 valence electrons. The molecule has 1 N–H and O–H groups in total. The summed E-state index contributed by atoms with van der Waals surface area (Å²) >= 11 is 1.22. The summed E-state index contributed by atoms with van der Waals surface area (Å²) in [4.78, 5) is 32.7. The second-order valence-electron chi connectivity index (χ2n) is 9.01. The molecule has 0 aliphatic carbocycles. The van der Waals surface area contributed by atoms with Gasteiger partial charge in [-0.05, 0) is 66.6 Å². The van der Waals surface area contributed by atoms with Crippen LogP contribution >= 0.6 is 11.3 Å². The molecule has 9 heteroatoms. The van der Waals surface area contributed by atoms with E-state index in [4.69, 9.17) is 9.47 Å². The van der Waals surface area contributed by atoms with Gasteiger partial charge in [0.25, 0.3) is 5.78 Å². The fourth-order valence-corrected chi connectivity index (χ4v) is 5.86. The van der Waals surface area contributed by atoms with Crippen LogP contribution in [0, 0.1) is 5.82 Å². The number of carbonyl (C=O) groups excluding carboxylic acids is 2. The lowest BCUT2D eigenvalue weighted by Gasteiger charge is -2.23. The summed E-state index contributed by atoms with van der Waals surface area (Å²) in [6, 6.07) is 15.0. The van der Waals surface area contributed by atoms with Gasteiger partial charge in [-0.25, -0.2) is 9.37 Å². The average molecular weight is 517 g/mol. The number of aliphatic hydroxyl groups is 1. The molecule has 0 radical (unpaired) electrons. The zero-order valence-corrected chi connectivity index (χ0v) is 20.7. The number of methoxy groups -OCH3 is 1. The first-order valence-electron chi connectivity index (χ1n) is 11.6. The summed E-state index contributed by atoms with van der Waals surface area (Å²) in [6.07, 6.45) is 0.677. The zero-order valence-electron chi connectivity index (χ0n) is 19.9. The number of hydrogen-bond donors (Lipinski definition) is 1. The Morgan fingerprint density at radius 3 is 2.68 bits per heavy atom. The lowest BCUT2D eigenvalue weighted by Crippen LogP contribution is -2.29. The van der Waals surface area contributed by atoms with Crippen LogP contribution < -0.4 is 14.4 Å². The number of Topliss-reactive ketones (excluding diaryl/α,β-unsaturated/α-hetero) is 1. The number of fused-ring (bicyclic) bond motifs is 2. The van der Waals surface area contributed by atoms with Crippen molar-refractivity contribution in [2.24, 2.45) is 0 Å². The SMILES string of the molecule is COc1ccc2nc(N3C(=O)C(=O)/C(=C(/O)c4ccc5c(c4)C[C@@H](C)O5)[C@@H]3c3ccc(F)cc3)sc2c1. The molecule has 0 spiro atoms. The minimum atomic E-state index is -0.994. The van der Waals surface area contributed by atoms with Crippen molar-refractivity contribution in [2.75, 3.05) is 12.0 Å².